The van der Waals surface area contributed by atoms with Gasteiger partial charge in [-0.3, -0.25) is 4.79 Å². The molecule has 1 aromatic heterocycles. The molecule has 1 aliphatic carbocycles. The molecule has 0 saturated carbocycles. The van der Waals surface area contributed by atoms with Gasteiger partial charge in [0, 0.05) is 16.2 Å². The van der Waals surface area contributed by atoms with Crippen molar-refractivity contribution in [2.45, 2.75) is 45.6 Å². The third kappa shape index (κ3) is 3.56. The molecular formula is C14H22N2OS. The van der Waals surface area contributed by atoms with Crippen LogP contribution in [0.2, 0.25) is 0 Å². The predicted molar refractivity (Wildman–Crippen MR) is 75.6 cm³/mol. The van der Waals surface area contributed by atoms with E-state index in [4.69, 9.17) is 5.73 Å². The van der Waals surface area contributed by atoms with Crippen LogP contribution >= 0.6 is 11.3 Å². The first-order valence-corrected chi connectivity index (χ1v) is 7.58. The Morgan fingerprint density at radius 3 is 3.11 bits per heavy atom. The molecule has 18 heavy (non-hydrogen) atoms. The quantitative estimate of drug-likeness (QED) is 0.829. The van der Waals surface area contributed by atoms with Crippen LogP contribution in [0.15, 0.2) is 6.07 Å². The number of amides is 1. The van der Waals surface area contributed by atoms with Gasteiger partial charge in [-0.05, 0) is 49.8 Å². The summed E-state index contributed by atoms with van der Waals surface area (Å²) in [7, 11) is 0. The lowest BCUT2D eigenvalue weighted by Gasteiger charge is -2.08. The molecule has 3 N–H and O–H groups in total. The van der Waals surface area contributed by atoms with Crippen LogP contribution < -0.4 is 11.1 Å². The fraction of sp³-hybridized carbons (Fsp3) is 0.643. The second-order valence-corrected chi connectivity index (χ2v) is 6.39. The van der Waals surface area contributed by atoms with Crippen LogP contribution in [0.5, 0.6) is 0 Å². The highest BCUT2D eigenvalue weighted by Crippen LogP contribution is 2.30. The molecule has 0 bridgehead atoms. The molecule has 1 heterocycles. The SMILES string of the molecule is CC(CN)CCC(=O)NCc1cc2c(s1)CCC2. The van der Waals surface area contributed by atoms with Crippen LogP contribution in [0.3, 0.4) is 0 Å². The summed E-state index contributed by atoms with van der Waals surface area (Å²) >= 11 is 1.86. The normalized spacial score (nSPS) is 15.4. The highest BCUT2D eigenvalue weighted by molar-refractivity contribution is 7.12. The largest absolute Gasteiger partial charge is 0.351 e. The van der Waals surface area contributed by atoms with Gasteiger partial charge < -0.3 is 11.1 Å². The van der Waals surface area contributed by atoms with Gasteiger partial charge in [-0.2, -0.15) is 0 Å². The van der Waals surface area contributed by atoms with Gasteiger partial charge in [0.1, 0.15) is 0 Å². The minimum atomic E-state index is 0.142. The maximum absolute atomic E-state index is 11.7. The number of aryl methyl sites for hydroxylation is 2. The van der Waals surface area contributed by atoms with Crippen molar-refractivity contribution in [2.75, 3.05) is 6.54 Å². The third-order valence-corrected chi connectivity index (χ3v) is 4.76. The predicted octanol–water partition coefficient (Wildman–Crippen LogP) is 2.23. The first-order chi connectivity index (χ1) is 8.69. The zero-order valence-corrected chi connectivity index (χ0v) is 11.8. The first-order valence-electron chi connectivity index (χ1n) is 6.76. The Morgan fingerprint density at radius 2 is 2.39 bits per heavy atom. The van der Waals surface area contributed by atoms with Crippen molar-refractivity contribution in [3.63, 3.8) is 0 Å². The van der Waals surface area contributed by atoms with Gasteiger partial charge in [-0.25, -0.2) is 0 Å². The molecule has 1 aliphatic rings. The summed E-state index contributed by atoms with van der Waals surface area (Å²) < 4.78 is 0. The standard InChI is InChI=1S/C14H22N2OS/c1-10(8-15)5-6-14(17)16-9-12-7-11-3-2-4-13(11)18-12/h7,10H,2-6,8-9,15H2,1H3,(H,16,17). The highest BCUT2D eigenvalue weighted by Gasteiger charge is 2.15. The molecule has 1 unspecified atom stereocenters. The Hall–Kier alpha value is -0.870. The van der Waals surface area contributed by atoms with E-state index >= 15 is 0 Å². The van der Waals surface area contributed by atoms with Crippen LogP contribution in [0.25, 0.3) is 0 Å². The van der Waals surface area contributed by atoms with Crippen LogP contribution in [0.4, 0.5) is 0 Å². The molecule has 0 spiro atoms. The molecule has 0 fully saturated rings. The number of hydrogen-bond acceptors (Lipinski definition) is 3. The number of carbonyl (C=O) groups excluding carboxylic acids is 1. The number of thiophene rings is 1. The van der Waals surface area contributed by atoms with E-state index in [1.54, 1.807) is 0 Å². The van der Waals surface area contributed by atoms with E-state index in [9.17, 15) is 4.79 Å². The number of nitrogens with one attached hydrogen (secondary N) is 1. The van der Waals surface area contributed by atoms with Crippen molar-refractivity contribution in [2.24, 2.45) is 11.7 Å². The average molecular weight is 266 g/mol. The molecule has 0 saturated heterocycles. The van der Waals surface area contributed by atoms with Crippen molar-refractivity contribution >= 4 is 17.2 Å². The van der Waals surface area contributed by atoms with Gasteiger partial charge in [0.05, 0.1) is 6.54 Å². The topological polar surface area (TPSA) is 55.1 Å². The van der Waals surface area contributed by atoms with Crippen molar-refractivity contribution in [3.05, 3.63) is 21.4 Å². The molecule has 3 nitrogen and oxygen atoms in total. The lowest BCUT2D eigenvalue weighted by molar-refractivity contribution is -0.121. The van der Waals surface area contributed by atoms with Crippen LogP contribution in [-0.2, 0) is 24.2 Å². The van der Waals surface area contributed by atoms with E-state index in [1.807, 2.05) is 11.3 Å². The second-order valence-electron chi connectivity index (χ2n) is 5.17. The average Bonchev–Trinajstić information content (AvgIpc) is 2.93. The number of hydrogen-bond donors (Lipinski definition) is 2. The Morgan fingerprint density at radius 1 is 1.56 bits per heavy atom. The zero-order chi connectivity index (χ0) is 13.0. The summed E-state index contributed by atoms with van der Waals surface area (Å²) in [5.74, 6) is 0.574. The second kappa shape index (κ2) is 6.34. The maximum Gasteiger partial charge on any atom is 0.220 e. The Balaban J connectivity index is 1.72. The molecular weight excluding hydrogens is 244 g/mol. The Kier molecular flexibility index (Phi) is 4.78. The fourth-order valence-corrected chi connectivity index (χ4v) is 3.45. The van der Waals surface area contributed by atoms with Gasteiger partial charge >= 0.3 is 0 Å². The minimum Gasteiger partial charge on any atom is -0.351 e. The minimum absolute atomic E-state index is 0.142. The van der Waals surface area contributed by atoms with Crippen LogP contribution in [0, 0.1) is 5.92 Å². The molecule has 1 atom stereocenters. The number of fused-ring (bicyclic) bond motifs is 1. The van der Waals surface area contributed by atoms with E-state index in [0.717, 1.165) is 6.42 Å². The van der Waals surface area contributed by atoms with Crippen molar-refractivity contribution < 1.29 is 4.79 Å². The van der Waals surface area contributed by atoms with Crippen molar-refractivity contribution in [1.82, 2.24) is 5.32 Å². The summed E-state index contributed by atoms with van der Waals surface area (Å²) in [6, 6.07) is 2.26. The smallest absolute Gasteiger partial charge is 0.220 e. The first kappa shape index (κ1) is 13.6. The number of nitrogens with two attached hydrogens (primary N) is 1. The van der Waals surface area contributed by atoms with E-state index in [1.165, 1.54) is 34.6 Å². The van der Waals surface area contributed by atoms with E-state index in [2.05, 4.69) is 18.3 Å². The molecule has 0 aromatic carbocycles. The molecule has 4 heteroatoms. The van der Waals surface area contributed by atoms with E-state index in [-0.39, 0.29) is 5.91 Å². The monoisotopic (exact) mass is 266 g/mol. The molecule has 1 aromatic rings. The molecule has 1 amide bonds. The summed E-state index contributed by atoms with van der Waals surface area (Å²) in [6.07, 6.45) is 5.20. The van der Waals surface area contributed by atoms with Crippen molar-refractivity contribution in [3.8, 4) is 0 Å². The molecule has 100 valence electrons. The van der Waals surface area contributed by atoms with Crippen LogP contribution in [0.1, 0.15) is 41.5 Å². The summed E-state index contributed by atoms with van der Waals surface area (Å²) in [5.41, 5.74) is 7.04. The Bertz CT molecular complexity index is 392. The van der Waals surface area contributed by atoms with Gasteiger partial charge in [0.15, 0.2) is 0 Å². The molecule has 0 aliphatic heterocycles. The zero-order valence-electron chi connectivity index (χ0n) is 11.0. The molecule has 0 radical (unpaired) electrons. The third-order valence-electron chi connectivity index (χ3n) is 3.52. The van der Waals surface area contributed by atoms with E-state index in [0.29, 0.717) is 25.4 Å². The van der Waals surface area contributed by atoms with Gasteiger partial charge in [-0.15, -0.1) is 11.3 Å². The number of carbonyl (C=O) groups is 1. The fourth-order valence-electron chi connectivity index (χ4n) is 2.25. The lowest BCUT2D eigenvalue weighted by atomic mass is 10.1. The van der Waals surface area contributed by atoms with Crippen LogP contribution in [-0.4, -0.2) is 12.5 Å². The summed E-state index contributed by atoms with van der Waals surface area (Å²) in [4.78, 5) is 14.5. The summed E-state index contributed by atoms with van der Waals surface area (Å²) in [5, 5.41) is 3.00. The molecule has 2 rings (SSSR count). The number of rotatable bonds is 6. The van der Waals surface area contributed by atoms with Gasteiger partial charge in [-0.1, -0.05) is 6.92 Å². The summed E-state index contributed by atoms with van der Waals surface area (Å²) in [6.45, 7) is 3.43. The van der Waals surface area contributed by atoms with Gasteiger partial charge in [0.25, 0.3) is 0 Å². The lowest BCUT2D eigenvalue weighted by Crippen LogP contribution is -2.23. The van der Waals surface area contributed by atoms with Crippen molar-refractivity contribution in [1.29, 1.82) is 0 Å². The maximum atomic E-state index is 11.7. The van der Waals surface area contributed by atoms with E-state index < -0.39 is 0 Å². The Labute approximate surface area is 113 Å². The highest BCUT2D eigenvalue weighted by atomic mass is 32.1. The van der Waals surface area contributed by atoms with Gasteiger partial charge in [0.2, 0.25) is 5.91 Å².